The first-order valence-electron chi connectivity index (χ1n) is 7.94. The number of ether oxygens (including phenoxy) is 2. The molecule has 8 heteroatoms. The first-order valence-corrected chi connectivity index (χ1v) is 9.75. The highest BCUT2D eigenvalue weighted by Crippen LogP contribution is 2.27. The lowest BCUT2D eigenvalue weighted by atomic mass is 10.2. The van der Waals surface area contributed by atoms with Gasteiger partial charge in [0, 0.05) is 25.2 Å². The molecule has 0 amide bonds. The van der Waals surface area contributed by atoms with Crippen LogP contribution < -0.4 is 4.74 Å². The van der Waals surface area contributed by atoms with Crippen LogP contribution in [0.5, 0.6) is 5.75 Å². The van der Waals surface area contributed by atoms with Gasteiger partial charge in [0.15, 0.2) is 0 Å². The number of nitrogens with zero attached hydrogens (tertiary/aromatic N) is 1. The zero-order valence-electron chi connectivity index (χ0n) is 15.2. The summed E-state index contributed by atoms with van der Waals surface area (Å²) in [6, 6.07) is 11.6. The number of methoxy groups -OCH3 is 1. The molecule has 0 saturated heterocycles. The van der Waals surface area contributed by atoms with Crippen LogP contribution in [0.15, 0.2) is 53.4 Å². The van der Waals surface area contributed by atoms with Crippen LogP contribution in [-0.4, -0.2) is 39.9 Å². The minimum atomic E-state index is -3.68. The van der Waals surface area contributed by atoms with Gasteiger partial charge in [0.25, 0.3) is 0 Å². The first kappa shape index (κ1) is 21.0. The summed E-state index contributed by atoms with van der Waals surface area (Å²) in [5.74, 6) is -0.316. The van der Waals surface area contributed by atoms with Crippen molar-refractivity contribution < 1.29 is 22.7 Å². The monoisotopic (exact) mass is 409 g/mol. The van der Waals surface area contributed by atoms with Gasteiger partial charge in [0.2, 0.25) is 10.0 Å². The van der Waals surface area contributed by atoms with E-state index < -0.39 is 16.0 Å². The number of hydrogen-bond donors (Lipinski definition) is 0. The van der Waals surface area contributed by atoms with E-state index in [1.165, 1.54) is 45.5 Å². The second-order valence-corrected chi connectivity index (χ2v) is 8.32. The number of benzene rings is 2. The highest BCUT2D eigenvalue weighted by molar-refractivity contribution is 7.89. The lowest BCUT2D eigenvalue weighted by molar-refractivity contribution is -0.138. The Morgan fingerprint density at radius 1 is 1.15 bits per heavy atom. The molecular weight excluding hydrogens is 390 g/mol. The van der Waals surface area contributed by atoms with E-state index in [2.05, 4.69) is 0 Å². The summed E-state index contributed by atoms with van der Waals surface area (Å²) in [5, 5.41) is 0.605. The molecule has 0 N–H and O–H groups in total. The topological polar surface area (TPSA) is 72.9 Å². The summed E-state index contributed by atoms with van der Waals surface area (Å²) in [4.78, 5) is 11.9. The first-order chi connectivity index (χ1) is 12.7. The number of halogens is 1. The zero-order valence-corrected chi connectivity index (χ0v) is 16.8. The van der Waals surface area contributed by atoms with E-state index in [9.17, 15) is 13.2 Å². The van der Waals surface area contributed by atoms with Crippen molar-refractivity contribution in [2.75, 3.05) is 21.2 Å². The third-order valence-corrected chi connectivity index (χ3v) is 5.74. The molecule has 0 bridgehead atoms. The van der Waals surface area contributed by atoms with Gasteiger partial charge in [-0.05, 0) is 41.5 Å². The lowest BCUT2D eigenvalue weighted by Crippen LogP contribution is -2.22. The van der Waals surface area contributed by atoms with Crippen LogP contribution in [0, 0.1) is 0 Å². The normalized spacial score (nSPS) is 11.7. The molecule has 0 atom stereocenters. The van der Waals surface area contributed by atoms with Crippen molar-refractivity contribution in [3.63, 3.8) is 0 Å². The highest BCUT2D eigenvalue weighted by Gasteiger charge is 2.22. The molecule has 0 fully saturated rings. The number of hydrogen-bond acceptors (Lipinski definition) is 5. The van der Waals surface area contributed by atoms with Crippen LogP contribution in [0.4, 0.5) is 0 Å². The number of sulfonamides is 1. The molecular formula is C19H20ClNO5S. The van der Waals surface area contributed by atoms with E-state index in [-0.39, 0.29) is 17.3 Å². The Labute approximate surface area is 164 Å². The van der Waals surface area contributed by atoms with E-state index in [1.54, 1.807) is 30.3 Å². The van der Waals surface area contributed by atoms with Crippen LogP contribution in [0.1, 0.15) is 11.1 Å². The molecule has 0 radical (unpaired) electrons. The van der Waals surface area contributed by atoms with Gasteiger partial charge >= 0.3 is 5.97 Å². The molecule has 2 aromatic rings. The SMILES string of the molecule is COc1ccc(/C=C/C(=O)OCc2ccc(Cl)cc2)cc1S(=O)(=O)N(C)C. The fraction of sp³-hybridized carbons (Fsp3) is 0.211. The number of esters is 1. The summed E-state index contributed by atoms with van der Waals surface area (Å²) in [6.07, 6.45) is 2.72. The molecule has 2 aromatic carbocycles. The number of rotatable bonds is 7. The summed E-state index contributed by atoms with van der Waals surface area (Å²) in [5.41, 5.74) is 1.34. The molecule has 2 rings (SSSR count). The Hall–Kier alpha value is -2.35. The van der Waals surface area contributed by atoms with Crippen LogP contribution in [0.2, 0.25) is 5.02 Å². The fourth-order valence-corrected chi connectivity index (χ4v) is 3.35. The molecule has 0 saturated carbocycles. The van der Waals surface area contributed by atoms with E-state index >= 15 is 0 Å². The second kappa shape index (κ2) is 9.03. The molecule has 0 unspecified atom stereocenters. The Morgan fingerprint density at radius 3 is 2.41 bits per heavy atom. The van der Waals surface area contributed by atoms with Crippen molar-refractivity contribution in [3.8, 4) is 5.75 Å². The average Bonchev–Trinajstić information content (AvgIpc) is 2.65. The Morgan fingerprint density at radius 2 is 1.81 bits per heavy atom. The minimum absolute atomic E-state index is 0.0201. The lowest BCUT2D eigenvalue weighted by Gasteiger charge is -2.14. The Bertz CT molecular complexity index is 937. The van der Waals surface area contributed by atoms with Gasteiger partial charge in [0.05, 0.1) is 7.11 Å². The van der Waals surface area contributed by atoms with Gasteiger partial charge in [-0.1, -0.05) is 29.8 Å². The van der Waals surface area contributed by atoms with Crippen molar-refractivity contribution in [2.45, 2.75) is 11.5 Å². The van der Waals surface area contributed by atoms with Gasteiger partial charge in [-0.2, -0.15) is 0 Å². The summed E-state index contributed by atoms with van der Waals surface area (Å²) in [6.45, 7) is 0.114. The van der Waals surface area contributed by atoms with Gasteiger partial charge in [0.1, 0.15) is 17.3 Å². The molecule has 144 valence electrons. The zero-order chi connectivity index (χ0) is 20.0. The maximum absolute atomic E-state index is 12.4. The third kappa shape index (κ3) is 5.56. The molecule has 0 aliphatic rings. The van der Waals surface area contributed by atoms with Gasteiger partial charge in [-0.3, -0.25) is 0 Å². The molecule has 6 nitrogen and oxygen atoms in total. The molecule has 27 heavy (non-hydrogen) atoms. The quantitative estimate of drug-likeness (QED) is 0.518. The molecule has 0 aromatic heterocycles. The van der Waals surface area contributed by atoms with Crippen LogP contribution in [-0.2, 0) is 26.2 Å². The van der Waals surface area contributed by atoms with Gasteiger partial charge < -0.3 is 9.47 Å². The molecule has 0 aliphatic carbocycles. The number of carbonyl (C=O) groups excluding carboxylic acids is 1. The van der Waals surface area contributed by atoms with Crippen molar-refractivity contribution >= 4 is 33.7 Å². The van der Waals surface area contributed by atoms with Gasteiger partial charge in [-0.15, -0.1) is 0 Å². The summed E-state index contributed by atoms with van der Waals surface area (Å²) in [7, 11) is 0.585. The summed E-state index contributed by atoms with van der Waals surface area (Å²) < 4.78 is 36.2. The highest BCUT2D eigenvalue weighted by atomic mass is 35.5. The number of carbonyl (C=O) groups is 1. The second-order valence-electron chi connectivity index (χ2n) is 5.77. The minimum Gasteiger partial charge on any atom is -0.495 e. The van der Waals surface area contributed by atoms with E-state index in [1.807, 2.05) is 0 Å². The van der Waals surface area contributed by atoms with E-state index in [0.29, 0.717) is 10.6 Å². The van der Waals surface area contributed by atoms with E-state index in [4.69, 9.17) is 21.1 Å². The predicted octanol–water partition coefficient (Wildman–Crippen LogP) is 3.36. The molecule has 0 heterocycles. The van der Waals surface area contributed by atoms with Crippen molar-refractivity contribution in [2.24, 2.45) is 0 Å². The van der Waals surface area contributed by atoms with Crippen LogP contribution in [0.25, 0.3) is 6.08 Å². The Kier molecular flexibility index (Phi) is 7.01. The Balaban J connectivity index is 2.12. The van der Waals surface area contributed by atoms with Crippen molar-refractivity contribution in [1.29, 1.82) is 0 Å². The maximum atomic E-state index is 12.4. The molecule has 0 aliphatic heterocycles. The van der Waals surface area contributed by atoms with Crippen molar-refractivity contribution in [3.05, 3.63) is 64.7 Å². The van der Waals surface area contributed by atoms with Crippen LogP contribution in [0.3, 0.4) is 0 Å². The smallest absolute Gasteiger partial charge is 0.331 e. The van der Waals surface area contributed by atoms with Gasteiger partial charge in [-0.25, -0.2) is 17.5 Å². The molecule has 0 spiro atoms. The van der Waals surface area contributed by atoms with E-state index in [0.717, 1.165) is 9.87 Å². The third-order valence-electron chi connectivity index (χ3n) is 3.65. The summed E-state index contributed by atoms with van der Waals surface area (Å²) >= 11 is 5.80. The van der Waals surface area contributed by atoms with Crippen LogP contribution >= 0.6 is 11.6 Å². The average molecular weight is 410 g/mol. The van der Waals surface area contributed by atoms with Crippen molar-refractivity contribution in [1.82, 2.24) is 4.31 Å². The maximum Gasteiger partial charge on any atom is 0.331 e. The largest absolute Gasteiger partial charge is 0.495 e. The fourth-order valence-electron chi connectivity index (χ4n) is 2.14. The predicted molar refractivity (Wildman–Crippen MR) is 104 cm³/mol. The standard InChI is InChI=1S/C19H20ClNO5S/c1-21(2)27(23,24)18-12-14(6-10-17(18)25-3)7-11-19(22)26-13-15-4-8-16(20)9-5-15/h4-12H,13H2,1-3H3/b11-7+.